The summed E-state index contributed by atoms with van der Waals surface area (Å²) >= 11 is 10.2. The second-order valence-electron chi connectivity index (χ2n) is 18.0. The van der Waals surface area contributed by atoms with Crippen molar-refractivity contribution in [2.24, 2.45) is 0 Å². The van der Waals surface area contributed by atoms with E-state index < -0.39 is 8.32 Å². The molecule has 3 N–H and O–H groups in total. The molecule has 0 unspecified atom stereocenters. The molecule has 0 aromatic carbocycles. The van der Waals surface area contributed by atoms with Gasteiger partial charge in [0, 0.05) is 38.7 Å². The summed E-state index contributed by atoms with van der Waals surface area (Å²) in [5.74, 6) is -0.602. The van der Waals surface area contributed by atoms with Crippen LogP contribution in [0.5, 0.6) is 0 Å². The molecule has 5 aliphatic carbocycles. The van der Waals surface area contributed by atoms with Crippen LogP contribution < -0.4 is 109 Å². The minimum atomic E-state index is -1.62. The van der Waals surface area contributed by atoms with Gasteiger partial charge in [0.05, 0.1) is 53.1 Å². The van der Waals surface area contributed by atoms with Crippen LogP contribution in [-0.2, 0) is 42.4 Å². The summed E-state index contributed by atoms with van der Waals surface area (Å²) in [6.07, 6.45) is 13.4. The second-order valence-corrected chi connectivity index (χ2v) is 25.2. The minimum absolute atomic E-state index is 0. The SMILES string of the molecule is CC1=C(Br)C(=O)CC1.CC1=C(Br)C2(CC1)OCCO2.CC1=C(Br)C2(CC1)OCCO2.CC1=C(CCCO[Si](C)(C)C(C)(C)C)C2(CC1)OCCO2.CC1=CC(=O)CC1.N.[H-].[H-].[K+].[K+]. The molecule has 0 amide bonds. The summed E-state index contributed by atoms with van der Waals surface area (Å²) in [6.45, 7) is 27.1. The van der Waals surface area contributed by atoms with E-state index in [0.717, 1.165) is 130 Å². The van der Waals surface area contributed by atoms with Gasteiger partial charge in [0.2, 0.25) is 11.6 Å². The fraction of sp³-hybridized carbons (Fsp3) is 0.733. The fourth-order valence-electron chi connectivity index (χ4n) is 7.69. The van der Waals surface area contributed by atoms with Crippen molar-refractivity contribution in [3.05, 3.63) is 53.0 Å². The van der Waals surface area contributed by atoms with Crippen molar-refractivity contribution in [1.82, 2.24) is 6.15 Å². The number of allylic oxidation sites excluding steroid dienone is 7. The Hall–Kier alpha value is 2.65. The molecular weight excluding hydrogens is 1040 g/mol. The van der Waals surface area contributed by atoms with Crippen LogP contribution in [0.2, 0.25) is 18.1 Å². The van der Waals surface area contributed by atoms with Gasteiger partial charge in [-0.3, -0.25) is 9.59 Å². The summed E-state index contributed by atoms with van der Waals surface area (Å²) in [5, 5.41) is 0.286. The minimum Gasteiger partial charge on any atom is -1.00 e. The maximum atomic E-state index is 10.7. The Kier molecular flexibility index (Phi) is 28.0. The van der Waals surface area contributed by atoms with E-state index in [1.165, 1.54) is 33.4 Å². The molecule has 3 saturated heterocycles. The van der Waals surface area contributed by atoms with E-state index in [1.807, 2.05) is 13.8 Å². The molecule has 0 aromatic rings. The zero-order valence-corrected chi connectivity index (χ0v) is 51.5. The molecule has 3 spiro atoms. The van der Waals surface area contributed by atoms with E-state index in [-0.39, 0.29) is 146 Å². The van der Waals surface area contributed by atoms with Crippen LogP contribution in [0.1, 0.15) is 135 Å². The van der Waals surface area contributed by atoms with Crippen LogP contribution in [0.3, 0.4) is 0 Å². The number of rotatable bonds is 5. The largest absolute Gasteiger partial charge is 1.00 e. The molecule has 0 bridgehead atoms. The van der Waals surface area contributed by atoms with Crippen LogP contribution in [-0.4, -0.2) is 83.5 Å². The van der Waals surface area contributed by atoms with Gasteiger partial charge in [-0.25, -0.2) is 0 Å². The normalized spacial score (nSPS) is 23.2. The van der Waals surface area contributed by atoms with Gasteiger partial charge >= 0.3 is 103 Å². The zero-order valence-electron chi connectivity index (χ0n) is 41.5. The molecule has 0 radical (unpaired) electrons. The first kappa shape index (κ1) is 61.7. The topological polar surface area (TPSA) is 134 Å². The van der Waals surface area contributed by atoms with Gasteiger partial charge in [0.15, 0.2) is 25.7 Å². The number of hydrogen-bond acceptors (Lipinski definition) is 10. The molecule has 10 nitrogen and oxygen atoms in total. The molecule has 8 aliphatic rings. The molecule has 16 heteroatoms. The van der Waals surface area contributed by atoms with Gasteiger partial charge in [-0.1, -0.05) is 48.6 Å². The molecule has 0 saturated carbocycles. The van der Waals surface area contributed by atoms with E-state index in [0.29, 0.717) is 6.42 Å². The van der Waals surface area contributed by atoms with Gasteiger partial charge < -0.3 is 41.9 Å². The van der Waals surface area contributed by atoms with Crippen molar-refractivity contribution in [3.8, 4) is 0 Å². The van der Waals surface area contributed by atoms with Crippen molar-refractivity contribution in [2.45, 2.75) is 168 Å². The Morgan fingerprint density at radius 1 is 0.639 bits per heavy atom. The molecule has 0 atom stereocenters. The molecule has 340 valence electrons. The average molecular weight is 1120 g/mol. The van der Waals surface area contributed by atoms with E-state index in [1.54, 1.807) is 6.08 Å². The van der Waals surface area contributed by atoms with Gasteiger partial charge in [-0.05, 0) is 157 Å². The first-order chi connectivity index (χ1) is 27.2. The van der Waals surface area contributed by atoms with Crippen LogP contribution in [0.15, 0.2) is 53.0 Å². The maximum absolute atomic E-state index is 10.7. The molecule has 8 rings (SSSR count). The van der Waals surface area contributed by atoms with Crippen LogP contribution in [0, 0.1) is 0 Å². The standard InChI is InChI=1S/C17H32O3Si.2C8H11BrO2.C6H7BrO.C6H8O.2K.H3N.2H/c1-14-9-10-17(18-12-13-19-17)15(14)8-7-11-20-21(5,6)16(2,3)4;2*1-6-2-3-8(7(6)9)10-4-5-11-8;1-4-2-3-5(8)6(4)7;1-5-2-3-6(7)4-5;;;;;/h7-13H2,1-6H3;2*2-5H2,1H3;2-3H2,1H3;4H,2-3H2,1H3;;;1H3;;/q;;;;;2*+1;;2*-1. The maximum Gasteiger partial charge on any atom is 1.00 e. The van der Waals surface area contributed by atoms with E-state index in [4.69, 9.17) is 32.8 Å². The summed E-state index contributed by atoms with van der Waals surface area (Å²) in [7, 11) is -1.62. The Morgan fingerprint density at radius 2 is 1.07 bits per heavy atom. The smallest absolute Gasteiger partial charge is 1.00 e. The predicted octanol–water partition coefficient (Wildman–Crippen LogP) is 6.74. The molecular formula is C45H74Br3K2NO9Si. The third kappa shape index (κ3) is 16.9. The Balaban J connectivity index is 0. The second kappa shape index (κ2) is 27.7. The van der Waals surface area contributed by atoms with Gasteiger partial charge in [0.25, 0.3) is 0 Å². The summed E-state index contributed by atoms with van der Waals surface area (Å²) in [5.41, 5.74) is 7.97. The molecule has 3 fully saturated rings. The van der Waals surface area contributed by atoms with Crippen LogP contribution in [0.25, 0.3) is 0 Å². The van der Waals surface area contributed by atoms with Gasteiger partial charge in [0.1, 0.15) is 0 Å². The molecule has 61 heavy (non-hydrogen) atoms. The monoisotopic (exact) mass is 1120 g/mol. The van der Waals surface area contributed by atoms with Gasteiger partial charge in [-0.15, -0.1) is 0 Å². The third-order valence-electron chi connectivity index (χ3n) is 12.5. The fourth-order valence-corrected chi connectivity index (χ4v) is 10.4. The van der Waals surface area contributed by atoms with Crippen molar-refractivity contribution in [3.63, 3.8) is 0 Å². The molecule has 3 heterocycles. The Morgan fingerprint density at radius 3 is 1.36 bits per heavy atom. The summed E-state index contributed by atoms with van der Waals surface area (Å²) < 4.78 is 43.4. The van der Waals surface area contributed by atoms with Crippen molar-refractivity contribution < 1.29 is 148 Å². The molecule has 0 aromatic heterocycles. The van der Waals surface area contributed by atoms with Crippen LogP contribution in [0.4, 0.5) is 0 Å². The van der Waals surface area contributed by atoms with Crippen LogP contribution >= 0.6 is 47.8 Å². The first-order valence-corrected chi connectivity index (χ1v) is 26.4. The summed E-state index contributed by atoms with van der Waals surface area (Å²) in [6, 6.07) is 0. The van der Waals surface area contributed by atoms with Gasteiger partial charge in [-0.2, -0.15) is 0 Å². The predicted molar refractivity (Wildman–Crippen MR) is 251 cm³/mol. The number of hydrogen-bond donors (Lipinski definition) is 1. The number of carbonyl (C=O) groups excluding carboxylic acids is 2. The van der Waals surface area contributed by atoms with E-state index >= 15 is 0 Å². The number of ketones is 2. The number of Topliss-reactive ketones (excluding diaryl/α,β-unsaturated/α-hetero) is 1. The zero-order chi connectivity index (χ0) is 42.9. The molecule has 3 aliphatic heterocycles. The van der Waals surface area contributed by atoms with Crippen molar-refractivity contribution in [1.29, 1.82) is 0 Å². The Bertz CT molecular complexity index is 1620. The average Bonchev–Trinajstić information content (AvgIpc) is 4.07. The Labute approximate surface area is 482 Å². The number of halogens is 3. The first-order valence-electron chi connectivity index (χ1n) is 21.1. The van der Waals surface area contributed by atoms with E-state index in [9.17, 15) is 9.59 Å². The number of ether oxygens (including phenoxy) is 6. The summed E-state index contributed by atoms with van der Waals surface area (Å²) in [4.78, 5) is 21.1. The quantitative estimate of drug-likeness (QED) is 0.180. The van der Waals surface area contributed by atoms with Crippen molar-refractivity contribution >= 4 is 67.7 Å². The van der Waals surface area contributed by atoms with E-state index in [2.05, 4.69) is 102 Å². The number of carbonyl (C=O) groups is 2. The van der Waals surface area contributed by atoms with Crippen molar-refractivity contribution in [2.75, 3.05) is 46.2 Å². The third-order valence-corrected chi connectivity index (χ3v) is 20.7.